The maximum atomic E-state index is 12.6. The zero-order valence-electron chi connectivity index (χ0n) is 13.6. The predicted molar refractivity (Wildman–Crippen MR) is 107 cm³/mol. The monoisotopic (exact) mass is 413 g/mol. The number of hydrogen-bond acceptors (Lipinski definition) is 5. The topological polar surface area (TPSA) is 108 Å². The third-order valence-corrected chi connectivity index (χ3v) is 3.58. The predicted octanol–water partition coefficient (Wildman–Crippen LogP) is 2.63. The van der Waals surface area contributed by atoms with E-state index >= 15 is 0 Å². The van der Waals surface area contributed by atoms with Crippen molar-refractivity contribution in [3.8, 4) is 0 Å². The van der Waals surface area contributed by atoms with Crippen LogP contribution < -0.4 is 5.32 Å². The molecular formula is C16H16ClN3O4S2. The lowest BCUT2D eigenvalue weighted by molar-refractivity contribution is -0.439. The fourth-order valence-corrected chi connectivity index (χ4v) is 2.53. The van der Waals surface area contributed by atoms with Gasteiger partial charge in [0, 0.05) is 28.8 Å². The Kier molecular flexibility index (Phi) is 6.68. The third-order valence-electron chi connectivity index (χ3n) is 3.35. The lowest BCUT2D eigenvalue weighted by Gasteiger charge is -2.10. The number of fused-ring (bicyclic) bond motifs is 1. The Morgan fingerprint density at radius 3 is 2.46 bits per heavy atom. The number of hydroxylamine groups is 1. The van der Waals surface area contributed by atoms with Crippen molar-refractivity contribution < 1.29 is 18.1 Å². The van der Waals surface area contributed by atoms with Crippen LogP contribution in [0.25, 0.3) is 0 Å². The van der Waals surface area contributed by atoms with E-state index in [1.165, 1.54) is 0 Å². The Bertz CT molecular complexity index is 953. The van der Waals surface area contributed by atoms with Gasteiger partial charge in [0.1, 0.15) is 0 Å². The van der Waals surface area contributed by atoms with Crippen molar-refractivity contribution in [2.45, 2.75) is 0 Å². The molecule has 0 bridgehead atoms. The summed E-state index contributed by atoms with van der Waals surface area (Å²) in [6.07, 6.45) is 0. The van der Waals surface area contributed by atoms with Crippen LogP contribution in [0, 0.1) is 5.21 Å². The van der Waals surface area contributed by atoms with E-state index in [1.54, 1.807) is 19.2 Å². The van der Waals surface area contributed by atoms with E-state index in [0.717, 1.165) is 21.6 Å². The number of benzene rings is 2. The number of hydrogen-bond donors (Lipinski definition) is 3. The molecule has 0 fully saturated rings. The van der Waals surface area contributed by atoms with Crippen molar-refractivity contribution in [3.63, 3.8) is 0 Å². The van der Waals surface area contributed by atoms with Crippen LogP contribution >= 0.6 is 11.6 Å². The van der Waals surface area contributed by atoms with Gasteiger partial charge in [0.15, 0.2) is 5.84 Å². The van der Waals surface area contributed by atoms with Gasteiger partial charge in [-0.1, -0.05) is 29.8 Å². The molecule has 3 rings (SSSR count). The minimum Gasteiger partial charge on any atom is -0.623 e. The number of amidine groups is 1. The van der Waals surface area contributed by atoms with E-state index in [1.807, 2.05) is 36.4 Å². The van der Waals surface area contributed by atoms with Gasteiger partial charge in [-0.2, -0.15) is 8.95 Å². The molecule has 0 unspecified atom stereocenters. The van der Waals surface area contributed by atoms with Gasteiger partial charge in [-0.3, -0.25) is 9.11 Å². The van der Waals surface area contributed by atoms with Gasteiger partial charge in [0.25, 0.3) is 9.05 Å². The molecule has 0 amide bonds. The zero-order valence-corrected chi connectivity index (χ0v) is 16.0. The van der Waals surface area contributed by atoms with E-state index in [4.69, 9.17) is 24.9 Å². The Morgan fingerprint density at radius 1 is 1.27 bits per heavy atom. The van der Waals surface area contributed by atoms with E-state index in [2.05, 4.69) is 21.5 Å². The molecule has 1 aliphatic rings. The van der Waals surface area contributed by atoms with Gasteiger partial charge in [-0.15, -0.1) is 0 Å². The van der Waals surface area contributed by atoms with E-state index in [-0.39, 0.29) is 6.54 Å². The van der Waals surface area contributed by atoms with Gasteiger partial charge in [-0.25, -0.2) is 4.99 Å². The highest BCUT2D eigenvalue weighted by Crippen LogP contribution is 2.27. The Labute approximate surface area is 161 Å². The average Bonchev–Trinajstić information content (AvgIpc) is 2.69. The number of likely N-dealkylation sites (N-methyl/N-ethyl adjacent to an activating group) is 1. The van der Waals surface area contributed by atoms with Crippen LogP contribution in [-0.2, 0) is 20.2 Å². The smallest absolute Gasteiger partial charge is 0.263 e. The molecule has 26 heavy (non-hydrogen) atoms. The van der Waals surface area contributed by atoms with Crippen molar-refractivity contribution >= 4 is 49.1 Å². The molecule has 7 nitrogen and oxygen atoms in total. The molecule has 0 saturated carbocycles. The highest BCUT2D eigenvalue weighted by molar-refractivity contribution is 8.26. The lowest BCUT2D eigenvalue weighted by Crippen LogP contribution is -2.29. The second kappa shape index (κ2) is 8.56. The molecular weight excluding hydrogens is 398 g/mol. The summed E-state index contributed by atoms with van der Waals surface area (Å²) >= 11 is 9.57. The maximum absolute atomic E-state index is 12.6. The SMILES string of the molecule is CNC1=Nc2ccc(Cl)cc2C(c2ccccc2)=[N+]([O-])C1.O=S(O)(O)=S. The summed E-state index contributed by atoms with van der Waals surface area (Å²) in [5.41, 5.74) is 2.92. The molecule has 1 aliphatic heterocycles. The summed E-state index contributed by atoms with van der Waals surface area (Å²) < 4.78 is 24.9. The van der Waals surface area contributed by atoms with Crippen LogP contribution in [-0.4, -0.2) is 43.2 Å². The molecule has 0 atom stereocenters. The highest BCUT2D eigenvalue weighted by atomic mass is 35.5. The second-order valence-electron chi connectivity index (χ2n) is 5.17. The average molecular weight is 414 g/mol. The molecule has 0 aromatic heterocycles. The fraction of sp³-hybridized carbons (Fsp3) is 0.125. The van der Waals surface area contributed by atoms with Crippen molar-refractivity contribution in [2.24, 2.45) is 4.99 Å². The fourth-order valence-electron chi connectivity index (χ4n) is 2.36. The van der Waals surface area contributed by atoms with E-state index in [0.29, 0.717) is 16.6 Å². The van der Waals surface area contributed by atoms with E-state index < -0.39 is 9.05 Å². The first-order chi connectivity index (χ1) is 12.2. The molecule has 138 valence electrons. The summed E-state index contributed by atoms with van der Waals surface area (Å²) in [6, 6.07) is 15.0. The maximum Gasteiger partial charge on any atom is 0.263 e. The Morgan fingerprint density at radius 2 is 1.88 bits per heavy atom. The van der Waals surface area contributed by atoms with Crippen LogP contribution in [0.3, 0.4) is 0 Å². The zero-order chi connectivity index (χ0) is 19.3. The van der Waals surface area contributed by atoms with Crippen LogP contribution in [0.5, 0.6) is 0 Å². The minimum atomic E-state index is -3.83. The summed E-state index contributed by atoms with van der Waals surface area (Å²) in [5, 5.41) is 16.1. The van der Waals surface area contributed by atoms with Gasteiger partial charge in [0.05, 0.1) is 11.3 Å². The number of nitrogens with one attached hydrogen (secondary N) is 1. The first-order valence-electron chi connectivity index (χ1n) is 7.31. The molecule has 0 aliphatic carbocycles. The van der Waals surface area contributed by atoms with E-state index in [9.17, 15) is 5.21 Å². The third kappa shape index (κ3) is 5.75. The Hall–Kier alpha value is -2.04. The summed E-state index contributed by atoms with van der Waals surface area (Å²) in [7, 11) is -2.07. The highest BCUT2D eigenvalue weighted by Gasteiger charge is 2.24. The largest absolute Gasteiger partial charge is 0.623 e. The van der Waals surface area contributed by atoms with Gasteiger partial charge in [0.2, 0.25) is 12.3 Å². The van der Waals surface area contributed by atoms with Crippen LogP contribution in [0.1, 0.15) is 11.1 Å². The number of nitrogens with zero attached hydrogens (tertiary/aromatic N) is 2. The molecule has 0 saturated heterocycles. The van der Waals surface area contributed by atoms with Crippen LogP contribution in [0.15, 0.2) is 53.5 Å². The quantitative estimate of drug-likeness (QED) is 0.490. The van der Waals surface area contributed by atoms with Crippen molar-refractivity contribution in [1.82, 2.24) is 5.32 Å². The normalized spacial score (nSPS) is 13.8. The standard InChI is InChI=1S/C16H14ClN3O.H2O3S2/c1-18-15-10-20(21)16(11-5-3-2-4-6-11)13-9-12(17)7-8-14(13)19-15;1-5(2,3)4/h2-9H,10H2,1H3,(H,18,19);(H2,1,2,3,4). The van der Waals surface area contributed by atoms with Gasteiger partial charge < -0.3 is 10.5 Å². The summed E-state index contributed by atoms with van der Waals surface area (Å²) in [6.45, 7) is 0.174. The molecule has 1 heterocycles. The molecule has 0 radical (unpaired) electrons. The minimum absolute atomic E-state index is 0.174. The molecule has 10 heteroatoms. The Balaban J connectivity index is 0.000000431. The molecule has 3 N–H and O–H groups in total. The first-order valence-corrected chi connectivity index (χ1v) is 10.1. The van der Waals surface area contributed by atoms with Gasteiger partial charge in [-0.05, 0) is 30.3 Å². The van der Waals surface area contributed by atoms with Crippen molar-refractivity contribution in [1.29, 1.82) is 0 Å². The number of rotatable bonds is 1. The van der Waals surface area contributed by atoms with Crippen molar-refractivity contribution in [3.05, 3.63) is 69.9 Å². The number of aliphatic imine (C=N–C) groups is 1. The molecule has 0 spiro atoms. The summed E-state index contributed by atoms with van der Waals surface area (Å²) in [5.74, 6) is 0.625. The molecule has 2 aromatic rings. The van der Waals surface area contributed by atoms with Gasteiger partial charge >= 0.3 is 0 Å². The van der Waals surface area contributed by atoms with Crippen molar-refractivity contribution in [2.75, 3.05) is 13.6 Å². The summed E-state index contributed by atoms with van der Waals surface area (Å²) in [4.78, 5) is 4.51. The first kappa shape index (κ1) is 20.3. The molecule has 2 aromatic carbocycles. The lowest BCUT2D eigenvalue weighted by atomic mass is 10.0. The second-order valence-corrected chi connectivity index (χ2v) is 7.80. The van der Waals surface area contributed by atoms with Crippen LogP contribution in [0.2, 0.25) is 5.02 Å². The number of halogens is 1. The van der Waals surface area contributed by atoms with Crippen LogP contribution in [0.4, 0.5) is 5.69 Å².